The van der Waals surface area contributed by atoms with Crippen LogP contribution in [0.1, 0.15) is 48.2 Å². The van der Waals surface area contributed by atoms with Crippen LogP contribution in [0, 0.1) is 0 Å². The van der Waals surface area contributed by atoms with E-state index in [2.05, 4.69) is 5.32 Å². The molecule has 0 unspecified atom stereocenters. The van der Waals surface area contributed by atoms with Crippen molar-refractivity contribution in [1.29, 1.82) is 0 Å². The normalized spacial score (nSPS) is 14.4. The number of ether oxygens (including phenoxy) is 1. The van der Waals surface area contributed by atoms with E-state index in [-0.39, 0.29) is 23.6 Å². The lowest BCUT2D eigenvalue weighted by molar-refractivity contribution is -0.135. The number of carbonyl (C=O) groups excluding carboxylic acids is 3. The van der Waals surface area contributed by atoms with Gasteiger partial charge in [-0.05, 0) is 62.6 Å². The van der Waals surface area contributed by atoms with Gasteiger partial charge >= 0.3 is 0 Å². The lowest BCUT2D eigenvalue weighted by Crippen LogP contribution is -2.53. The topological polar surface area (TPSA) is 75.7 Å². The zero-order chi connectivity index (χ0) is 26.3. The highest BCUT2D eigenvalue weighted by Gasteiger charge is 2.33. The maximum atomic E-state index is 13.0. The summed E-state index contributed by atoms with van der Waals surface area (Å²) in [5, 5.41) is 3.07. The highest BCUT2D eigenvalue weighted by molar-refractivity contribution is 6.09. The first kappa shape index (κ1) is 25.9. The summed E-state index contributed by atoms with van der Waals surface area (Å²) in [6, 6.07) is 25.6. The Kier molecular flexibility index (Phi) is 8.18. The number of hydrogen-bond donors (Lipinski definition) is 1. The molecule has 0 radical (unpaired) electrons. The largest absolute Gasteiger partial charge is 0.478 e. The minimum Gasteiger partial charge on any atom is -0.478 e. The fourth-order valence-corrected chi connectivity index (χ4v) is 4.21. The van der Waals surface area contributed by atoms with E-state index >= 15 is 0 Å². The zero-order valence-electron chi connectivity index (χ0n) is 21.2. The van der Waals surface area contributed by atoms with Crippen molar-refractivity contribution in [3.8, 4) is 5.75 Å². The maximum absolute atomic E-state index is 13.0. The number of likely N-dealkylation sites (tertiary alicyclic amines) is 1. The predicted molar refractivity (Wildman–Crippen MR) is 144 cm³/mol. The second-order valence-corrected chi connectivity index (χ2v) is 9.65. The number of rotatable bonds is 8. The first-order valence-corrected chi connectivity index (χ1v) is 12.5. The fraction of sp³-hybridized carbons (Fsp3) is 0.258. The third-order valence-electron chi connectivity index (χ3n) is 6.43. The van der Waals surface area contributed by atoms with Crippen molar-refractivity contribution in [3.63, 3.8) is 0 Å². The number of amides is 2. The van der Waals surface area contributed by atoms with Crippen molar-refractivity contribution in [2.75, 3.05) is 13.1 Å². The lowest BCUT2D eigenvalue weighted by atomic mass is 10.0. The average Bonchev–Trinajstić information content (AvgIpc) is 2.93. The second-order valence-electron chi connectivity index (χ2n) is 9.65. The second kappa shape index (κ2) is 11.7. The van der Waals surface area contributed by atoms with Crippen molar-refractivity contribution in [3.05, 3.63) is 108 Å². The van der Waals surface area contributed by atoms with E-state index in [0.717, 1.165) is 5.56 Å². The van der Waals surface area contributed by atoms with Gasteiger partial charge in [0.05, 0.1) is 0 Å². The molecule has 2 amide bonds. The predicted octanol–water partition coefficient (Wildman–Crippen LogP) is 4.90. The number of hydrogen-bond acceptors (Lipinski definition) is 4. The Balaban J connectivity index is 1.26. The van der Waals surface area contributed by atoms with E-state index in [9.17, 15) is 14.4 Å². The van der Waals surface area contributed by atoms with Gasteiger partial charge in [0.15, 0.2) is 11.4 Å². The van der Waals surface area contributed by atoms with Crippen LogP contribution in [0.2, 0.25) is 0 Å². The summed E-state index contributed by atoms with van der Waals surface area (Å²) in [4.78, 5) is 39.9. The molecule has 1 N–H and O–H groups in total. The molecule has 0 bridgehead atoms. The molecule has 1 heterocycles. The molecule has 190 valence electrons. The summed E-state index contributed by atoms with van der Waals surface area (Å²) >= 11 is 0. The van der Waals surface area contributed by atoms with Crippen molar-refractivity contribution in [2.45, 2.75) is 38.3 Å². The number of nitrogens with zero attached hydrogens (tertiary/aromatic N) is 1. The minimum absolute atomic E-state index is 0.0218. The Morgan fingerprint density at radius 2 is 1.41 bits per heavy atom. The first-order chi connectivity index (χ1) is 17.8. The van der Waals surface area contributed by atoms with Gasteiger partial charge in [-0.3, -0.25) is 14.4 Å². The molecule has 3 aromatic rings. The summed E-state index contributed by atoms with van der Waals surface area (Å²) in [5.74, 6) is 0.206. The molecule has 0 spiro atoms. The summed E-state index contributed by atoms with van der Waals surface area (Å²) in [6.45, 7) is 4.61. The number of nitrogens with one attached hydrogen (secondary N) is 1. The van der Waals surface area contributed by atoms with Gasteiger partial charge in [-0.2, -0.15) is 0 Å². The van der Waals surface area contributed by atoms with Crippen LogP contribution in [-0.4, -0.2) is 47.2 Å². The molecule has 0 saturated carbocycles. The molecule has 1 aliphatic heterocycles. The van der Waals surface area contributed by atoms with Crippen molar-refractivity contribution < 1.29 is 19.1 Å². The van der Waals surface area contributed by atoms with Crippen LogP contribution < -0.4 is 10.1 Å². The van der Waals surface area contributed by atoms with Gasteiger partial charge in [-0.15, -0.1) is 0 Å². The molecular formula is C31H32N2O4. The number of piperidine rings is 1. The average molecular weight is 497 g/mol. The summed E-state index contributed by atoms with van der Waals surface area (Å²) < 4.78 is 5.98. The Labute approximate surface area is 218 Å². The lowest BCUT2D eigenvalue weighted by Gasteiger charge is -2.34. The smallest absolute Gasteiger partial charge is 0.263 e. The standard InChI is InChI=1S/C31H32N2O4/c1-31(2,37-27-16-14-25(15-17-27)29(35)24-11-7-4-8-12-24)30(36)32-26-19-21-33(22-20-26)28(34)18-13-23-9-5-3-6-10-23/h3-18,26H,19-22H2,1-2H3,(H,32,36)/b18-13+. The van der Waals surface area contributed by atoms with E-state index in [1.54, 1.807) is 56.3 Å². The Hall–Kier alpha value is -4.19. The first-order valence-electron chi connectivity index (χ1n) is 12.5. The number of benzene rings is 3. The third-order valence-corrected chi connectivity index (χ3v) is 6.43. The minimum atomic E-state index is -1.10. The van der Waals surface area contributed by atoms with Crippen LogP contribution in [-0.2, 0) is 9.59 Å². The van der Waals surface area contributed by atoms with Crippen molar-refractivity contribution >= 4 is 23.7 Å². The molecule has 1 fully saturated rings. The summed E-state index contributed by atoms with van der Waals surface area (Å²) in [5.41, 5.74) is 1.06. The third kappa shape index (κ3) is 6.94. The molecule has 0 aromatic heterocycles. The molecule has 6 heteroatoms. The van der Waals surface area contributed by atoms with E-state index < -0.39 is 5.60 Å². The van der Waals surface area contributed by atoms with Gasteiger partial charge in [-0.25, -0.2) is 0 Å². The maximum Gasteiger partial charge on any atom is 0.263 e. The van der Waals surface area contributed by atoms with E-state index in [4.69, 9.17) is 4.74 Å². The molecule has 37 heavy (non-hydrogen) atoms. The molecular weight excluding hydrogens is 464 g/mol. The monoisotopic (exact) mass is 496 g/mol. The molecule has 1 saturated heterocycles. The zero-order valence-corrected chi connectivity index (χ0v) is 21.2. The fourth-order valence-electron chi connectivity index (χ4n) is 4.21. The SMILES string of the molecule is CC(C)(Oc1ccc(C(=O)c2ccccc2)cc1)C(=O)NC1CCN(C(=O)/C=C/c2ccccc2)CC1. The van der Waals surface area contributed by atoms with Crippen molar-refractivity contribution in [1.82, 2.24) is 10.2 Å². The van der Waals surface area contributed by atoms with Gasteiger partial charge in [0, 0.05) is 36.3 Å². The molecule has 0 atom stereocenters. The molecule has 1 aliphatic rings. The van der Waals surface area contributed by atoms with Crippen LogP contribution in [0.4, 0.5) is 0 Å². The quantitative estimate of drug-likeness (QED) is 0.356. The Bertz CT molecular complexity index is 1240. The molecule has 0 aliphatic carbocycles. The summed E-state index contributed by atoms with van der Waals surface area (Å²) in [7, 11) is 0. The van der Waals surface area contributed by atoms with Crippen LogP contribution in [0.25, 0.3) is 6.08 Å². The van der Waals surface area contributed by atoms with Crippen LogP contribution in [0.5, 0.6) is 5.75 Å². The highest BCUT2D eigenvalue weighted by atomic mass is 16.5. The van der Waals surface area contributed by atoms with E-state index in [0.29, 0.717) is 42.8 Å². The van der Waals surface area contributed by atoms with Gasteiger partial charge < -0.3 is 15.0 Å². The van der Waals surface area contributed by atoms with Gasteiger partial charge in [0.25, 0.3) is 5.91 Å². The van der Waals surface area contributed by atoms with Crippen LogP contribution >= 0.6 is 0 Å². The summed E-state index contributed by atoms with van der Waals surface area (Å²) in [6.07, 6.45) is 4.79. The van der Waals surface area contributed by atoms with Gasteiger partial charge in [-0.1, -0.05) is 60.7 Å². The number of carbonyl (C=O) groups is 3. The molecule has 6 nitrogen and oxygen atoms in total. The van der Waals surface area contributed by atoms with Crippen LogP contribution in [0.3, 0.4) is 0 Å². The van der Waals surface area contributed by atoms with E-state index in [1.807, 2.05) is 59.5 Å². The van der Waals surface area contributed by atoms with Gasteiger partial charge in [0.2, 0.25) is 5.91 Å². The van der Waals surface area contributed by atoms with Crippen LogP contribution in [0.15, 0.2) is 91.0 Å². The van der Waals surface area contributed by atoms with Gasteiger partial charge in [0.1, 0.15) is 5.75 Å². The molecule has 3 aromatic carbocycles. The van der Waals surface area contributed by atoms with E-state index in [1.165, 1.54) is 0 Å². The highest BCUT2D eigenvalue weighted by Crippen LogP contribution is 2.22. The Morgan fingerprint density at radius 1 is 0.838 bits per heavy atom. The molecule has 4 rings (SSSR count). The number of ketones is 1. The Morgan fingerprint density at radius 3 is 2.03 bits per heavy atom. The van der Waals surface area contributed by atoms with Crippen molar-refractivity contribution in [2.24, 2.45) is 0 Å².